The molecular formula is C13H12ClNO2. The monoisotopic (exact) mass is 249 g/mol. The Morgan fingerprint density at radius 1 is 1.35 bits per heavy atom. The highest BCUT2D eigenvalue weighted by Gasteiger charge is 2.12. The SMILES string of the molecule is CCn1cc(-c2cccc(Cl)c2)cc1C(=O)O. The second-order valence-electron chi connectivity index (χ2n) is 3.72. The molecule has 17 heavy (non-hydrogen) atoms. The van der Waals surface area contributed by atoms with Gasteiger partial charge >= 0.3 is 5.97 Å². The van der Waals surface area contributed by atoms with Crippen molar-refractivity contribution in [1.29, 1.82) is 0 Å². The number of aryl methyl sites for hydroxylation is 1. The summed E-state index contributed by atoms with van der Waals surface area (Å²) in [6.45, 7) is 2.54. The van der Waals surface area contributed by atoms with E-state index in [2.05, 4.69) is 0 Å². The summed E-state index contributed by atoms with van der Waals surface area (Å²) in [5.74, 6) is -0.917. The molecule has 0 bridgehead atoms. The fourth-order valence-electron chi connectivity index (χ4n) is 1.78. The molecule has 1 heterocycles. The van der Waals surface area contributed by atoms with Crippen LogP contribution in [0.15, 0.2) is 36.5 Å². The molecule has 0 saturated heterocycles. The van der Waals surface area contributed by atoms with Crippen molar-refractivity contribution in [1.82, 2.24) is 4.57 Å². The predicted octanol–water partition coefficient (Wildman–Crippen LogP) is 3.53. The molecule has 0 amide bonds. The van der Waals surface area contributed by atoms with Gasteiger partial charge in [-0.15, -0.1) is 0 Å². The minimum atomic E-state index is -0.917. The topological polar surface area (TPSA) is 42.2 Å². The molecule has 0 spiro atoms. The van der Waals surface area contributed by atoms with E-state index in [-0.39, 0.29) is 0 Å². The molecule has 1 aromatic heterocycles. The summed E-state index contributed by atoms with van der Waals surface area (Å²) in [7, 11) is 0. The molecule has 1 N–H and O–H groups in total. The molecule has 0 radical (unpaired) electrons. The van der Waals surface area contributed by atoms with Gasteiger partial charge in [-0.3, -0.25) is 0 Å². The number of hydrogen-bond acceptors (Lipinski definition) is 1. The number of aromatic carboxylic acids is 1. The van der Waals surface area contributed by atoms with Crippen LogP contribution in [0.2, 0.25) is 5.02 Å². The first kappa shape index (κ1) is 11.7. The number of rotatable bonds is 3. The van der Waals surface area contributed by atoms with E-state index < -0.39 is 5.97 Å². The Hall–Kier alpha value is -1.74. The third kappa shape index (κ3) is 2.34. The van der Waals surface area contributed by atoms with Crippen molar-refractivity contribution in [3.63, 3.8) is 0 Å². The van der Waals surface area contributed by atoms with E-state index in [0.29, 0.717) is 17.3 Å². The van der Waals surface area contributed by atoms with Crippen molar-refractivity contribution < 1.29 is 9.90 Å². The largest absolute Gasteiger partial charge is 0.477 e. The van der Waals surface area contributed by atoms with Crippen molar-refractivity contribution in [2.24, 2.45) is 0 Å². The molecule has 0 unspecified atom stereocenters. The number of carboxylic acids is 1. The molecule has 3 nitrogen and oxygen atoms in total. The van der Waals surface area contributed by atoms with Crippen LogP contribution in [0.5, 0.6) is 0 Å². The molecule has 0 aliphatic heterocycles. The number of benzene rings is 1. The maximum absolute atomic E-state index is 11.0. The lowest BCUT2D eigenvalue weighted by atomic mass is 10.1. The number of hydrogen-bond donors (Lipinski definition) is 1. The lowest BCUT2D eigenvalue weighted by Gasteiger charge is -1.99. The van der Waals surface area contributed by atoms with Crippen LogP contribution in [0, 0.1) is 0 Å². The van der Waals surface area contributed by atoms with E-state index >= 15 is 0 Å². The van der Waals surface area contributed by atoms with Crippen LogP contribution in [-0.2, 0) is 6.54 Å². The highest BCUT2D eigenvalue weighted by molar-refractivity contribution is 6.30. The molecule has 0 aliphatic rings. The summed E-state index contributed by atoms with van der Waals surface area (Å²) in [6, 6.07) is 9.04. The molecule has 4 heteroatoms. The van der Waals surface area contributed by atoms with Crippen LogP contribution in [0.3, 0.4) is 0 Å². The van der Waals surface area contributed by atoms with Gasteiger partial charge in [0.15, 0.2) is 0 Å². The Balaban J connectivity index is 2.50. The summed E-state index contributed by atoms with van der Waals surface area (Å²) in [5, 5.41) is 9.71. The summed E-state index contributed by atoms with van der Waals surface area (Å²) < 4.78 is 1.71. The normalized spacial score (nSPS) is 10.5. The zero-order valence-corrected chi connectivity index (χ0v) is 10.1. The number of nitrogens with zero attached hydrogens (tertiary/aromatic N) is 1. The maximum Gasteiger partial charge on any atom is 0.352 e. The van der Waals surface area contributed by atoms with Gasteiger partial charge in [0, 0.05) is 23.3 Å². The first-order valence-corrected chi connectivity index (χ1v) is 5.69. The van der Waals surface area contributed by atoms with Crippen molar-refractivity contribution in [3.05, 3.63) is 47.2 Å². The molecule has 0 atom stereocenters. The highest BCUT2D eigenvalue weighted by atomic mass is 35.5. The van der Waals surface area contributed by atoms with Gasteiger partial charge in [-0.1, -0.05) is 23.7 Å². The summed E-state index contributed by atoms with van der Waals surface area (Å²) >= 11 is 5.91. The Morgan fingerprint density at radius 2 is 2.12 bits per heavy atom. The first-order valence-electron chi connectivity index (χ1n) is 5.31. The van der Waals surface area contributed by atoms with E-state index in [4.69, 9.17) is 16.7 Å². The number of carboxylic acid groups (broad SMARTS) is 1. The average Bonchev–Trinajstić information content (AvgIpc) is 2.73. The molecule has 0 saturated carbocycles. The van der Waals surface area contributed by atoms with Crippen LogP contribution >= 0.6 is 11.6 Å². The van der Waals surface area contributed by atoms with Crippen LogP contribution in [0.4, 0.5) is 0 Å². The third-order valence-corrected chi connectivity index (χ3v) is 2.85. The highest BCUT2D eigenvalue weighted by Crippen LogP contribution is 2.25. The maximum atomic E-state index is 11.0. The van der Waals surface area contributed by atoms with Crippen molar-refractivity contribution >= 4 is 17.6 Å². The molecule has 2 aromatic rings. The summed E-state index contributed by atoms with van der Waals surface area (Å²) in [5.41, 5.74) is 2.08. The molecule has 0 fully saturated rings. The Labute approximate surface area is 104 Å². The average molecular weight is 250 g/mol. The van der Waals surface area contributed by atoms with Gasteiger partial charge < -0.3 is 9.67 Å². The lowest BCUT2D eigenvalue weighted by molar-refractivity contribution is 0.0685. The van der Waals surface area contributed by atoms with Gasteiger partial charge in [-0.25, -0.2) is 4.79 Å². The van der Waals surface area contributed by atoms with E-state index in [0.717, 1.165) is 11.1 Å². The molecule has 2 rings (SSSR count). The fourth-order valence-corrected chi connectivity index (χ4v) is 1.97. The number of aromatic nitrogens is 1. The molecule has 0 aliphatic carbocycles. The second kappa shape index (κ2) is 4.63. The Bertz CT molecular complexity index is 560. The predicted molar refractivity (Wildman–Crippen MR) is 67.5 cm³/mol. The van der Waals surface area contributed by atoms with Crippen LogP contribution in [0.25, 0.3) is 11.1 Å². The van der Waals surface area contributed by atoms with Crippen molar-refractivity contribution in [2.75, 3.05) is 0 Å². The lowest BCUT2D eigenvalue weighted by Crippen LogP contribution is -2.05. The van der Waals surface area contributed by atoms with Crippen molar-refractivity contribution in [2.45, 2.75) is 13.5 Å². The second-order valence-corrected chi connectivity index (χ2v) is 4.15. The van der Waals surface area contributed by atoms with E-state index in [1.165, 1.54) is 0 Å². The Kier molecular flexibility index (Phi) is 3.20. The first-order chi connectivity index (χ1) is 8.11. The van der Waals surface area contributed by atoms with E-state index in [1.54, 1.807) is 16.7 Å². The van der Waals surface area contributed by atoms with Gasteiger partial charge in [0.05, 0.1) is 0 Å². The van der Waals surface area contributed by atoms with Gasteiger partial charge in [0.25, 0.3) is 0 Å². The van der Waals surface area contributed by atoms with Gasteiger partial charge in [0.2, 0.25) is 0 Å². The molecular weight excluding hydrogens is 238 g/mol. The minimum Gasteiger partial charge on any atom is -0.477 e. The fraction of sp³-hybridized carbons (Fsp3) is 0.154. The van der Waals surface area contributed by atoms with Crippen LogP contribution in [0.1, 0.15) is 17.4 Å². The van der Waals surface area contributed by atoms with E-state index in [1.807, 2.05) is 31.3 Å². The molecule has 88 valence electrons. The Morgan fingerprint density at radius 3 is 2.65 bits per heavy atom. The smallest absolute Gasteiger partial charge is 0.352 e. The number of carbonyl (C=O) groups is 1. The van der Waals surface area contributed by atoms with Crippen LogP contribution < -0.4 is 0 Å². The third-order valence-electron chi connectivity index (χ3n) is 2.61. The van der Waals surface area contributed by atoms with Crippen molar-refractivity contribution in [3.8, 4) is 11.1 Å². The quantitative estimate of drug-likeness (QED) is 0.904. The van der Waals surface area contributed by atoms with E-state index in [9.17, 15) is 4.79 Å². The van der Waals surface area contributed by atoms with Gasteiger partial charge in [0.1, 0.15) is 5.69 Å². The minimum absolute atomic E-state index is 0.294. The van der Waals surface area contributed by atoms with Gasteiger partial charge in [-0.05, 0) is 30.7 Å². The number of halogens is 1. The zero-order chi connectivity index (χ0) is 12.4. The zero-order valence-electron chi connectivity index (χ0n) is 9.35. The summed E-state index contributed by atoms with van der Waals surface area (Å²) in [6.07, 6.45) is 1.83. The molecule has 1 aromatic carbocycles. The standard InChI is InChI=1S/C13H12ClNO2/c1-2-15-8-10(7-12(15)13(16)17)9-4-3-5-11(14)6-9/h3-8H,2H2,1H3,(H,16,17). The summed E-state index contributed by atoms with van der Waals surface area (Å²) in [4.78, 5) is 11.0. The van der Waals surface area contributed by atoms with Gasteiger partial charge in [-0.2, -0.15) is 0 Å². The van der Waals surface area contributed by atoms with Crippen LogP contribution in [-0.4, -0.2) is 15.6 Å².